The van der Waals surface area contributed by atoms with Gasteiger partial charge in [-0.05, 0) is 6.92 Å². The second-order valence-electron chi connectivity index (χ2n) is 2.07. The largest absolute Gasteiger partial charge is 1.00 e. The van der Waals surface area contributed by atoms with Crippen LogP contribution in [0.1, 0.15) is 6.92 Å². The molecule has 0 heterocycles. The van der Waals surface area contributed by atoms with Crippen LogP contribution in [-0.4, -0.2) is 24.3 Å². The fourth-order valence-electron chi connectivity index (χ4n) is 0.368. The van der Waals surface area contributed by atoms with Gasteiger partial charge in [0.25, 0.3) is 0 Å². The summed E-state index contributed by atoms with van der Waals surface area (Å²) in [4.78, 5) is 0. The SMILES string of the molecule is CC=COC(F)(F)C(F)(F)S(=O)(=O)[O-].[K+]. The molecular formula is C5H5F4KO4S. The van der Waals surface area contributed by atoms with Crippen LogP contribution in [-0.2, 0) is 14.9 Å². The first-order chi connectivity index (χ1) is 6.06. The predicted molar refractivity (Wildman–Crippen MR) is 35.5 cm³/mol. The quantitative estimate of drug-likeness (QED) is 0.265. The van der Waals surface area contributed by atoms with Crippen molar-refractivity contribution in [2.75, 3.05) is 0 Å². The molecule has 4 nitrogen and oxygen atoms in total. The van der Waals surface area contributed by atoms with Crippen LogP contribution in [0.5, 0.6) is 0 Å². The van der Waals surface area contributed by atoms with Gasteiger partial charge in [-0.15, -0.1) is 0 Å². The number of ether oxygens (including phenoxy) is 1. The molecule has 10 heteroatoms. The average molecular weight is 276 g/mol. The van der Waals surface area contributed by atoms with Crippen LogP contribution in [0, 0.1) is 0 Å². The molecule has 0 aliphatic rings. The van der Waals surface area contributed by atoms with Crippen molar-refractivity contribution in [3.05, 3.63) is 12.3 Å². The van der Waals surface area contributed by atoms with Gasteiger partial charge in [0.05, 0.1) is 6.26 Å². The Morgan fingerprint density at radius 2 is 1.67 bits per heavy atom. The van der Waals surface area contributed by atoms with Crippen molar-refractivity contribution in [3.8, 4) is 0 Å². The van der Waals surface area contributed by atoms with Gasteiger partial charge in [0.2, 0.25) is 0 Å². The molecular weight excluding hydrogens is 271 g/mol. The second kappa shape index (κ2) is 5.94. The Hall–Kier alpha value is 0.806. The molecule has 0 aromatic carbocycles. The van der Waals surface area contributed by atoms with E-state index in [1.54, 1.807) is 0 Å². The Bertz CT molecular complexity index is 326. The molecule has 84 valence electrons. The molecule has 0 fully saturated rings. The number of allylic oxidation sites excluding steroid dienone is 1. The first-order valence-corrected chi connectivity index (χ1v) is 4.47. The Labute approximate surface area is 126 Å². The Morgan fingerprint density at radius 3 is 1.93 bits per heavy atom. The van der Waals surface area contributed by atoms with Gasteiger partial charge in [0.15, 0.2) is 10.1 Å². The van der Waals surface area contributed by atoms with Crippen LogP contribution in [0.25, 0.3) is 0 Å². The fourth-order valence-corrected chi connectivity index (χ4v) is 0.707. The molecule has 0 aliphatic carbocycles. The van der Waals surface area contributed by atoms with Gasteiger partial charge >= 0.3 is 62.7 Å². The first-order valence-electron chi connectivity index (χ1n) is 3.06. The minimum absolute atomic E-state index is 0. The number of hydrogen-bond donors (Lipinski definition) is 0. The van der Waals surface area contributed by atoms with E-state index in [0.717, 1.165) is 6.08 Å². The fraction of sp³-hybridized carbons (Fsp3) is 0.600. The monoisotopic (exact) mass is 276 g/mol. The van der Waals surface area contributed by atoms with Gasteiger partial charge in [-0.25, -0.2) is 8.42 Å². The van der Waals surface area contributed by atoms with E-state index in [1.807, 2.05) is 0 Å². The Morgan fingerprint density at radius 1 is 1.27 bits per heavy atom. The van der Waals surface area contributed by atoms with E-state index < -0.39 is 21.5 Å². The van der Waals surface area contributed by atoms with Gasteiger partial charge in [0.1, 0.15) is 0 Å². The van der Waals surface area contributed by atoms with Crippen molar-refractivity contribution in [1.29, 1.82) is 0 Å². The van der Waals surface area contributed by atoms with E-state index in [4.69, 9.17) is 0 Å². The molecule has 0 atom stereocenters. The Kier molecular flexibility index (Phi) is 7.19. The summed E-state index contributed by atoms with van der Waals surface area (Å²) in [6, 6.07) is 0. The molecule has 0 bridgehead atoms. The number of rotatable bonds is 4. The molecule has 0 aromatic rings. The van der Waals surface area contributed by atoms with E-state index in [1.165, 1.54) is 6.92 Å². The number of hydrogen-bond acceptors (Lipinski definition) is 4. The van der Waals surface area contributed by atoms with E-state index >= 15 is 0 Å². The summed E-state index contributed by atoms with van der Waals surface area (Å²) in [7, 11) is -6.48. The molecule has 15 heavy (non-hydrogen) atoms. The van der Waals surface area contributed by atoms with Crippen LogP contribution in [0.3, 0.4) is 0 Å². The maximum absolute atomic E-state index is 12.3. The van der Waals surface area contributed by atoms with Crippen molar-refractivity contribution in [3.63, 3.8) is 0 Å². The molecule has 0 spiro atoms. The maximum atomic E-state index is 12.3. The van der Waals surface area contributed by atoms with Crippen molar-refractivity contribution >= 4 is 10.1 Å². The standard InChI is InChI=1S/C5H6F4O4S.K/c1-2-3-13-4(6,7)5(8,9)14(10,11)12;/h2-3H,1H3,(H,10,11,12);/q;+1/p-1. The summed E-state index contributed by atoms with van der Waals surface area (Å²) < 4.78 is 81.5. The molecule has 0 aromatic heterocycles. The van der Waals surface area contributed by atoms with Gasteiger partial charge in [-0.1, -0.05) is 6.08 Å². The van der Waals surface area contributed by atoms with E-state index in [0.29, 0.717) is 0 Å². The predicted octanol–water partition coefficient (Wildman–Crippen LogP) is -1.73. The zero-order valence-electron chi connectivity index (χ0n) is 7.71. The smallest absolute Gasteiger partial charge is 0.743 e. The molecule has 0 saturated carbocycles. The van der Waals surface area contributed by atoms with Gasteiger partial charge in [0, 0.05) is 0 Å². The van der Waals surface area contributed by atoms with Crippen molar-refractivity contribution in [1.82, 2.24) is 0 Å². The first kappa shape index (κ1) is 18.2. The summed E-state index contributed by atoms with van der Waals surface area (Å²) >= 11 is 0. The van der Waals surface area contributed by atoms with Gasteiger partial charge in [-0.3, -0.25) is 0 Å². The Balaban J connectivity index is 0. The summed E-state index contributed by atoms with van der Waals surface area (Å²) in [5, 5.41) is -5.81. The number of halogens is 4. The van der Waals surface area contributed by atoms with Crippen molar-refractivity contribution in [2.24, 2.45) is 0 Å². The zero-order chi connectivity index (χ0) is 11.6. The van der Waals surface area contributed by atoms with Crippen molar-refractivity contribution < 1.29 is 86.7 Å². The summed E-state index contributed by atoms with van der Waals surface area (Å²) in [5.74, 6) is 0. The zero-order valence-corrected chi connectivity index (χ0v) is 11.6. The van der Waals surface area contributed by atoms with E-state index in [-0.39, 0.29) is 57.6 Å². The summed E-state index contributed by atoms with van der Waals surface area (Å²) in [5.41, 5.74) is 0. The van der Waals surface area contributed by atoms with Gasteiger partial charge < -0.3 is 9.29 Å². The van der Waals surface area contributed by atoms with Crippen LogP contribution in [0.2, 0.25) is 0 Å². The third-order valence-electron chi connectivity index (χ3n) is 1.00. The molecule has 0 N–H and O–H groups in total. The number of alkyl halides is 4. The van der Waals surface area contributed by atoms with Crippen LogP contribution in [0.15, 0.2) is 12.3 Å². The van der Waals surface area contributed by atoms with Crippen LogP contribution >= 0.6 is 0 Å². The van der Waals surface area contributed by atoms with Crippen LogP contribution < -0.4 is 51.4 Å². The third-order valence-corrected chi connectivity index (χ3v) is 1.87. The van der Waals surface area contributed by atoms with Crippen molar-refractivity contribution in [2.45, 2.75) is 18.3 Å². The minimum Gasteiger partial charge on any atom is -0.743 e. The molecule has 0 rings (SSSR count). The van der Waals surface area contributed by atoms with E-state index in [2.05, 4.69) is 4.74 Å². The van der Waals surface area contributed by atoms with E-state index in [9.17, 15) is 30.5 Å². The molecule has 0 unspecified atom stereocenters. The summed E-state index contributed by atoms with van der Waals surface area (Å²) in [6.45, 7) is 1.17. The molecule has 0 aliphatic heterocycles. The molecule has 0 amide bonds. The minimum atomic E-state index is -6.48. The maximum Gasteiger partial charge on any atom is 1.00 e. The molecule has 0 saturated heterocycles. The second-order valence-corrected chi connectivity index (χ2v) is 3.50. The molecule has 0 radical (unpaired) electrons. The average Bonchev–Trinajstić information content (AvgIpc) is 1.98. The van der Waals surface area contributed by atoms with Crippen LogP contribution in [0.4, 0.5) is 17.6 Å². The topological polar surface area (TPSA) is 66.4 Å². The third kappa shape index (κ3) is 4.28. The van der Waals surface area contributed by atoms with Gasteiger partial charge in [-0.2, -0.15) is 17.6 Å². The summed E-state index contributed by atoms with van der Waals surface area (Å²) in [6.07, 6.45) is -4.42. The normalized spacial score (nSPS) is 13.7.